The first-order chi connectivity index (χ1) is 7.81. The van der Waals surface area contributed by atoms with E-state index in [0.717, 1.165) is 37.9 Å². The lowest BCUT2D eigenvalue weighted by Crippen LogP contribution is -2.59. The minimum atomic E-state index is -0.105. The predicted octanol–water partition coefficient (Wildman–Crippen LogP) is 3.07. The van der Waals surface area contributed by atoms with Crippen molar-refractivity contribution in [2.24, 2.45) is 11.8 Å². The van der Waals surface area contributed by atoms with Crippen LogP contribution in [0.15, 0.2) is 0 Å². The molecule has 100 valence electrons. The van der Waals surface area contributed by atoms with Crippen LogP contribution in [-0.4, -0.2) is 34.6 Å². The molecule has 0 amide bonds. The van der Waals surface area contributed by atoms with E-state index in [9.17, 15) is 5.21 Å². The van der Waals surface area contributed by atoms with Gasteiger partial charge in [0, 0.05) is 24.3 Å². The van der Waals surface area contributed by atoms with E-state index in [4.69, 9.17) is 4.74 Å². The Kier molecular flexibility index (Phi) is 3.54. The Labute approximate surface area is 105 Å². The number of hydrogen-bond donors (Lipinski definition) is 1. The van der Waals surface area contributed by atoms with Crippen LogP contribution in [0, 0.1) is 11.8 Å². The van der Waals surface area contributed by atoms with Crippen LogP contribution in [0.4, 0.5) is 0 Å². The maximum atomic E-state index is 10.3. The second-order valence-corrected chi connectivity index (χ2v) is 7.18. The van der Waals surface area contributed by atoms with Crippen LogP contribution in [-0.2, 0) is 4.74 Å². The zero-order chi connectivity index (χ0) is 12.7. The summed E-state index contributed by atoms with van der Waals surface area (Å²) in [5, 5.41) is 11.8. The zero-order valence-electron chi connectivity index (χ0n) is 11.7. The van der Waals surface area contributed by atoms with Crippen LogP contribution < -0.4 is 0 Å². The van der Waals surface area contributed by atoms with Crippen molar-refractivity contribution < 1.29 is 9.94 Å². The third-order valence-corrected chi connectivity index (χ3v) is 4.41. The van der Waals surface area contributed by atoms with E-state index in [1.165, 1.54) is 12.8 Å². The molecule has 2 rings (SSSR count). The summed E-state index contributed by atoms with van der Waals surface area (Å²) in [6.45, 7) is 10.5. The van der Waals surface area contributed by atoms with Gasteiger partial charge in [0.05, 0.1) is 0 Å². The quantitative estimate of drug-likeness (QED) is 0.806. The molecular weight excluding hydrogens is 214 g/mol. The summed E-state index contributed by atoms with van der Waals surface area (Å²) in [6, 6.07) is 0. The summed E-state index contributed by atoms with van der Waals surface area (Å²) in [6.07, 6.45) is 4.66. The fourth-order valence-corrected chi connectivity index (χ4v) is 3.88. The van der Waals surface area contributed by atoms with E-state index < -0.39 is 0 Å². The summed E-state index contributed by atoms with van der Waals surface area (Å²) >= 11 is 0. The average molecular weight is 241 g/mol. The highest BCUT2D eigenvalue weighted by atomic mass is 16.5. The summed E-state index contributed by atoms with van der Waals surface area (Å²) < 4.78 is 5.46. The highest BCUT2D eigenvalue weighted by molar-refractivity contribution is 4.96. The molecule has 0 aromatic carbocycles. The molecule has 1 atom stereocenters. The van der Waals surface area contributed by atoms with Crippen LogP contribution in [0.3, 0.4) is 0 Å². The van der Waals surface area contributed by atoms with Crippen molar-refractivity contribution >= 4 is 0 Å². The number of piperidine rings is 1. The molecular formula is C14H27NO2. The van der Waals surface area contributed by atoms with Crippen LogP contribution in [0.1, 0.15) is 53.4 Å². The van der Waals surface area contributed by atoms with E-state index in [1.54, 1.807) is 5.06 Å². The van der Waals surface area contributed by atoms with Crippen LogP contribution in [0.25, 0.3) is 0 Å². The van der Waals surface area contributed by atoms with Gasteiger partial charge in [0.15, 0.2) is 0 Å². The normalized spacial score (nSPS) is 34.1. The molecule has 0 aromatic heterocycles. The van der Waals surface area contributed by atoms with Crippen molar-refractivity contribution in [2.45, 2.75) is 64.5 Å². The fourth-order valence-electron chi connectivity index (χ4n) is 3.88. The van der Waals surface area contributed by atoms with Gasteiger partial charge < -0.3 is 9.94 Å². The molecule has 3 heteroatoms. The van der Waals surface area contributed by atoms with Gasteiger partial charge in [0.2, 0.25) is 0 Å². The lowest BCUT2D eigenvalue weighted by Gasteiger charge is -2.52. The van der Waals surface area contributed by atoms with E-state index in [1.807, 2.05) is 0 Å². The fraction of sp³-hybridized carbons (Fsp3) is 1.00. The van der Waals surface area contributed by atoms with Crippen molar-refractivity contribution in [3.05, 3.63) is 0 Å². The molecule has 3 nitrogen and oxygen atoms in total. The third-order valence-electron chi connectivity index (χ3n) is 4.41. The number of nitrogens with zero attached hydrogens (tertiary/aromatic N) is 1. The third kappa shape index (κ3) is 2.83. The van der Waals surface area contributed by atoms with Gasteiger partial charge in [0.25, 0.3) is 0 Å². The first kappa shape index (κ1) is 13.3. The Morgan fingerprint density at radius 2 is 1.71 bits per heavy atom. The van der Waals surface area contributed by atoms with Gasteiger partial charge >= 0.3 is 0 Å². The molecule has 17 heavy (non-hydrogen) atoms. The molecule has 0 radical (unpaired) electrons. The van der Waals surface area contributed by atoms with E-state index in [-0.39, 0.29) is 11.1 Å². The molecule has 2 saturated heterocycles. The number of hydrogen-bond acceptors (Lipinski definition) is 3. The van der Waals surface area contributed by atoms with Gasteiger partial charge in [-0.2, -0.15) is 5.06 Å². The van der Waals surface area contributed by atoms with Gasteiger partial charge in [-0.1, -0.05) is 0 Å². The smallest absolute Gasteiger partial charge is 0.0495 e. The maximum Gasteiger partial charge on any atom is 0.0495 e. The Balaban J connectivity index is 2.00. The maximum absolute atomic E-state index is 10.3. The molecule has 2 aliphatic heterocycles. The molecule has 0 aromatic rings. The summed E-state index contributed by atoms with van der Waals surface area (Å²) in [5.74, 6) is 1.46. The van der Waals surface area contributed by atoms with Crippen molar-refractivity contribution in [1.82, 2.24) is 5.06 Å². The highest BCUT2D eigenvalue weighted by Gasteiger charge is 2.45. The van der Waals surface area contributed by atoms with Gasteiger partial charge in [-0.25, -0.2) is 0 Å². The monoisotopic (exact) mass is 241 g/mol. The highest BCUT2D eigenvalue weighted by Crippen LogP contribution is 2.42. The Morgan fingerprint density at radius 3 is 2.18 bits per heavy atom. The van der Waals surface area contributed by atoms with Gasteiger partial charge in [0.1, 0.15) is 0 Å². The topological polar surface area (TPSA) is 32.7 Å². The van der Waals surface area contributed by atoms with E-state index >= 15 is 0 Å². The van der Waals surface area contributed by atoms with Crippen LogP contribution in [0.2, 0.25) is 0 Å². The zero-order valence-corrected chi connectivity index (χ0v) is 11.7. The van der Waals surface area contributed by atoms with E-state index in [0.29, 0.717) is 0 Å². The lowest BCUT2D eigenvalue weighted by atomic mass is 9.72. The molecule has 2 fully saturated rings. The number of ether oxygens (including phenoxy) is 1. The molecule has 1 N–H and O–H groups in total. The largest absolute Gasteiger partial charge is 0.381 e. The molecule has 0 spiro atoms. The number of hydroxylamine groups is 2. The number of rotatable bonds is 2. The van der Waals surface area contributed by atoms with Crippen molar-refractivity contribution in [1.29, 1.82) is 0 Å². The SMILES string of the molecule is CC1(C)CC(CC2CCOC2)CC(C)(C)N1O. The predicted molar refractivity (Wildman–Crippen MR) is 68.1 cm³/mol. The van der Waals surface area contributed by atoms with Crippen molar-refractivity contribution in [3.63, 3.8) is 0 Å². The molecule has 0 saturated carbocycles. The molecule has 0 bridgehead atoms. The summed E-state index contributed by atoms with van der Waals surface area (Å²) in [4.78, 5) is 0. The van der Waals surface area contributed by atoms with Crippen LogP contribution in [0.5, 0.6) is 0 Å². The lowest BCUT2D eigenvalue weighted by molar-refractivity contribution is -0.251. The summed E-state index contributed by atoms with van der Waals surface area (Å²) in [7, 11) is 0. The Bertz CT molecular complexity index is 251. The Morgan fingerprint density at radius 1 is 1.12 bits per heavy atom. The van der Waals surface area contributed by atoms with Gasteiger partial charge in [-0.15, -0.1) is 0 Å². The van der Waals surface area contributed by atoms with Crippen molar-refractivity contribution in [2.75, 3.05) is 13.2 Å². The minimum absolute atomic E-state index is 0.105. The molecule has 0 aliphatic carbocycles. The van der Waals surface area contributed by atoms with Crippen molar-refractivity contribution in [3.8, 4) is 0 Å². The summed E-state index contributed by atoms with van der Waals surface area (Å²) in [5.41, 5.74) is -0.211. The standard InChI is InChI=1S/C14H27NO2/c1-13(2)8-12(7-11-5-6-17-10-11)9-14(3,4)15(13)16/h11-12,16H,5-10H2,1-4H3. The molecule has 1 unspecified atom stereocenters. The first-order valence-electron chi connectivity index (χ1n) is 6.88. The average Bonchev–Trinajstić information content (AvgIpc) is 2.65. The van der Waals surface area contributed by atoms with E-state index in [2.05, 4.69) is 27.7 Å². The van der Waals surface area contributed by atoms with Gasteiger partial charge in [-0.05, 0) is 65.2 Å². The first-order valence-corrected chi connectivity index (χ1v) is 6.88. The van der Waals surface area contributed by atoms with Gasteiger partial charge in [-0.3, -0.25) is 0 Å². The second-order valence-electron chi connectivity index (χ2n) is 7.18. The molecule has 2 aliphatic rings. The molecule has 2 heterocycles. The Hall–Kier alpha value is -0.120. The van der Waals surface area contributed by atoms with Crippen LogP contribution >= 0.6 is 0 Å². The minimum Gasteiger partial charge on any atom is -0.381 e. The second kappa shape index (κ2) is 4.52.